The van der Waals surface area contributed by atoms with E-state index in [9.17, 15) is 0 Å². The molecule has 0 N–H and O–H groups in total. The molecule has 0 amide bonds. The summed E-state index contributed by atoms with van der Waals surface area (Å²) in [7, 11) is 0. The molecule has 48 valence electrons. The maximum Gasteiger partial charge on any atom is 2.00 e. The van der Waals surface area contributed by atoms with Crippen molar-refractivity contribution in [3.63, 3.8) is 0 Å². The van der Waals surface area contributed by atoms with Crippen molar-refractivity contribution >= 4 is 37.7 Å². The number of hydrogen-bond donors (Lipinski definition) is 0. The van der Waals surface area contributed by atoms with Crippen LogP contribution in [0.15, 0.2) is 0 Å². The van der Waals surface area contributed by atoms with E-state index in [0.717, 1.165) is 0 Å². The van der Waals surface area contributed by atoms with Crippen molar-refractivity contribution in [3.05, 3.63) is 26.3 Å². The van der Waals surface area contributed by atoms with Gasteiger partial charge in [0, 0.05) is 0 Å². The van der Waals surface area contributed by atoms with Crippen LogP contribution in [0.2, 0.25) is 0 Å². The summed E-state index contributed by atoms with van der Waals surface area (Å²) in [6, 6.07) is 0. The molecular formula is C4CaN4Pt. The van der Waals surface area contributed by atoms with E-state index in [4.69, 9.17) is 47.3 Å². The van der Waals surface area contributed by atoms with Crippen LogP contribution in [0.1, 0.15) is 0 Å². The molecule has 0 radical (unpaired) electrons. The van der Waals surface area contributed by atoms with Gasteiger partial charge in [0.1, 0.15) is 0 Å². The van der Waals surface area contributed by atoms with Crippen LogP contribution in [0.5, 0.6) is 0 Å². The first-order chi connectivity index (χ1) is 4.00. The molecule has 6 heteroatoms. The fraction of sp³-hybridized carbons (Fsp3) is 0. The summed E-state index contributed by atoms with van der Waals surface area (Å²) in [6.07, 6.45) is 0. The van der Waals surface area contributed by atoms with Crippen LogP contribution >= 0.6 is 0 Å². The molecule has 10 heavy (non-hydrogen) atoms. The quantitative estimate of drug-likeness (QED) is 0.459. The Morgan fingerprint density at radius 2 is 0.500 bits per heavy atom. The van der Waals surface area contributed by atoms with Crippen molar-refractivity contribution in [2.45, 2.75) is 0 Å². The number of hydrogen-bond acceptors (Lipinski definition) is 4. The number of nitrogens with zero attached hydrogens (tertiary/aromatic N) is 4. The zero-order chi connectivity index (χ0) is 8.00. The van der Waals surface area contributed by atoms with Crippen LogP contribution in [-0.4, -0.2) is 37.7 Å². The predicted octanol–water partition coefficient (Wildman–Crippen LogP) is 0.00218. The van der Waals surface area contributed by atoms with Gasteiger partial charge in [-0.15, -0.1) is 0 Å². The van der Waals surface area contributed by atoms with Gasteiger partial charge < -0.3 is 47.3 Å². The molecule has 0 atom stereocenters. The topological polar surface area (TPSA) is 95.2 Å². The maximum absolute atomic E-state index is 6.25. The average molecular weight is 339 g/mol. The van der Waals surface area contributed by atoms with Gasteiger partial charge in [0.2, 0.25) is 0 Å². The van der Waals surface area contributed by atoms with Gasteiger partial charge in [-0.25, -0.2) is 0 Å². The first-order valence-electron chi connectivity index (χ1n) is 0.894. The molecule has 0 fully saturated rings. The van der Waals surface area contributed by atoms with Gasteiger partial charge in [-0.05, 0) is 0 Å². The summed E-state index contributed by atoms with van der Waals surface area (Å²) >= 11 is 0. The predicted molar refractivity (Wildman–Crippen MR) is 25.6 cm³/mol. The molecule has 0 aliphatic carbocycles. The fourth-order valence-corrected chi connectivity index (χ4v) is 0. The molecule has 0 aliphatic rings. The van der Waals surface area contributed by atoms with Gasteiger partial charge in [-0.2, -0.15) is 0 Å². The van der Waals surface area contributed by atoms with E-state index >= 15 is 0 Å². The van der Waals surface area contributed by atoms with Crippen LogP contribution in [0, 0.1) is 47.3 Å². The SMILES string of the molecule is [C-]#N.[C-]#N.[C-]#N.[C-]#N.[Ca+2].[Pt+2]. The molecule has 0 saturated heterocycles. The Hall–Kier alpha value is -0.0919. The van der Waals surface area contributed by atoms with Crippen LogP contribution < -0.4 is 0 Å². The Morgan fingerprint density at radius 3 is 0.500 bits per heavy atom. The second-order valence-corrected chi connectivity index (χ2v) is 0. The molecule has 0 saturated carbocycles. The van der Waals surface area contributed by atoms with Crippen molar-refractivity contribution < 1.29 is 21.1 Å². The summed E-state index contributed by atoms with van der Waals surface area (Å²) in [5.41, 5.74) is 0. The molecule has 0 unspecified atom stereocenters. The van der Waals surface area contributed by atoms with Crippen molar-refractivity contribution in [3.8, 4) is 0 Å². The molecule has 0 heterocycles. The van der Waals surface area contributed by atoms with Crippen molar-refractivity contribution in [2.75, 3.05) is 0 Å². The second kappa shape index (κ2) is 65900. The smallest absolute Gasteiger partial charge is 0.512 e. The third kappa shape index (κ3) is 44600. The van der Waals surface area contributed by atoms with Crippen molar-refractivity contribution in [1.29, 1.82) is 21.0 Å². The summed E-state index contributed by atoms with van der Waals surface area (Å²) in [6.45, 7) is 19.0. The van der Waals surface area contributed by atoms with Crippen molar-refractivity contribution in [2.24, 2.45) is 0 Å². The van der Waals surface area contributed by atoms with E-state index in [2.05, 4.69) is 0 Å². The molecule has 0 aliphatic heterocycles. The Balaban J connectivity index is -0.00000000500. The third-order valence-electron chi connectivity index (χ3n) is 0. The van der Waals surface area contributed by atoms with E-state index < -0.39 is 0 Å². The minimum absolute atomic E-state index is 0. The van der Waals surface area contributed by atoms with Gasteiger partial charge in [-0.1, -0.05) is 0 Å². The van der Waals surface area contributed by atoms with E-state index in [0.29, 0.717) is 0 Å². The Bertz CT molecular complexity index is 60.2. The Morgan fingerprint density at radius 1 is 0.500 bits per heavy atom. The van der Waals surface area contributed by atoms with Gasteiger partial charge in [0.15, 0.2) is 0 Å². The summed E-state index contributed by atoms with van der Waals surface area (Å²) < 4.78 is 0. The second-order valence-electron chi connectivity index (χ2n) is 0. The minimum atomic E-state index is 0. The minimum Gasteiger partial charge on any atom is -0.512 e. The fourth-order valence-electron chi connectivity index (χ4n) is 0. The first kappa shape index (κ1) is 51.5. The third-order valence-corrected chi connectivity index (χ3v) is 0. The zero-order valence-electron chi connectivity index (χ0n) is 4.81. The van der Waals surface area contributed by atoms with E-state index in [1.807, 2.05) is 0 Å². The van der Waals surface area contributed by atoms with Crippen LogP contribution in [0.4, 0.5) is 0 Å². The molecule has 0 aromatic rings. The van der Waals surface area contributed by atoms with E-state index in [1.54, 1.807) is 0 Å². The Labute approximate surface area is 105 Å². The van der Waals surface area contributed by atoms with Gasteiger partial charge in [0.25, 0.3) is 0 Å². The molecule has 0 spiro atoms. The number of rotatable bonds is 0. The Kier molecular flexibility index (Phi) is 339000. The largest absolute Gasteiger partial charge is 2.00 e. The zero-order valence-corrected chi connectivity index (χ0v) is 9.29. The van der Waals surface area contributed by atoms with E-state index in [-0.39, 0.29) is 58.8 Å². The first-order valence-corrected chi connectivity index (χ1v) is 0.894. The maximum atomic E-state index is 6.25. The van der Waals surface area contributed by atoms with Crippen LogP contribution in [-0.2, 0) is 21.1 Å². The summed E-state index contributed by atoms with van der Waals surface area (Å²) in [5.74, 6) is 0. The molecule has 0 bridgehead atoms. The average Bonchev–Trinajstić information content (AvgIpc) is 2.03. The van der Waals surface area contributed by atoms with Gasteiger partial charge >= 0.3 is 58.8 Å². The van der Waals surface area contributed by atoms with Crippen LogP contribution in [0.3, 0.4) is 0 Å². The molecule has 0 aromatic heterocycles. The summed E-state index contributed by atoms with van der Waals surface area (Å²) in [4.78, 5) is 0. The van der Waals surface area contributed by atoms with Crippen LogP contribution in [0.25, 0.3) is 0 Å². The monoisotopic (exact) mass is 339 g/mol. The molecule has 4 nitrogen and oxygen atoms in total. The molecular weight excluding hydrogens is 339 g/mol. The molecule has 0 rings (SSSR count). The molecule has 0 aromatic carbocycles. The van der Waals surface area contributed by atoms with Gasteiger partial charge in [-0.3, -0.25) is 0 Å². The standard InChI is InChI=1S/4CN.Ca.Pt/c4*1-2;;/q4*-1;2*+2. The summed E-state index contributed by atoms with van der Waals surface area (Å²) in [5, 5.41) is 25.0. The normalized spacial score (nSPS) is 0.800. The van der Waals surface area contributed by atoms with Gasteiger partial charge in [0.05, 0.1) is 0 Å². The van der Waals surface area contributed by atoms with Crippen molar-refractivity contribution in [1.82, 2.24) is 0 Å². The van der Waals surface area contributed by atoms with E-state index in [1.165, 1.54) is 0 Å².